The Balaban J connectivity index is 1.31. The molecule has 0 saturated carbocycles. The number of carbonyl (C=O) groups excluding carboxylic acids is 1. The molecule has 5 nitrogen and oxygen atoms in total. The fourth-order valence-corrected chi connectivity index (χ4v) is 5.17. The Hall–Kier alpha value is -3.29. The summed E-state index contributed by atoms with van der Waals surface area (Å²) in [5.74, 6) is 2.55. The van der Waals surface area contributed by atoms with Crippen molar-refractivity contribution in [1.82, 2.24) is 0 Å². The highest BCUT2D eigenvalue weighted by Crippen LogP contribution is 2.37. The Labute approximate surface area is 228 Å². The summed E-state index contributed by atoms with van der Waals surface area (Å²) in [6.07, 6.45) is 3.69. The molecule has 1 fully saturated rings. The minimum atomic E-state index is -0.130. The molecule has 1 amide bonds. The average Bonchev–Trinajstić information content (AvgIpc) is 3.21. The number of anilines is 1. The lowest BCUT2D eigenvalue weighted by Gasteiger charge is -2.14. The van der Waals surface area contributed by atoms with Crippen LogP contribution in [-0.2, 0) is 4.79 Å². The van der Waals surface area contributed by atoms with Crippen LogP contribution in [0, 0.1) is 0 Å². The van der Waals surface area contributed by atoms with Crippen molar-refractivity contribution >= 4 is 46.0 Å². The van der Waals surface area contributed by atoms with Crippen LogP contribution in [0.15, 0.2) is 77.7 Å². The summed E-state index contributed by atoms with van der Waals surface area (Å²) in [6.45, 7) is 5.48. The summed E-state index contributed by atoms with van der Waals surface area (Å²) >= 11 is 6.75. The highest BCUT2D eigenvalue weighted by Gasteiger charge is 2.33. The second kappa shape index (κ2) is 12.8. The van der Waals surface area contributed by atoms with Gasteiger partial charge in [-0.1, -0.05) is 74.2 Å². The third kappa shape index (κ3) is 6.73. The van der Waals surface area contributed by atoms with Gasteiger partial charge in [0.25, 0.3) is 5.91 Å². The molecule has 3 aromatic rings. The molecule has 1 saturated heterocycles. The van der Waals surface area contributed by atoms with E-state index in [1.807, 2.05) is 66.7 Å². The number of para-hydroxylation sites is 1. The maximum absolute atomic E-state index is 13.0. The molecule has 1 unspecified atom stereocenters. The number of nitrogens with zero attached hydrogens (tertiary/aromatic N) is 1. The van der Waals surface area contributed by atoms with Crippen molar-refractivity contribution in [2.24, 2.45) is 0 Å². The van der Waals surface area contributed by atoms with Crippen molar-refractivity contribution in [2.45, 2.75) is 32.6 Å². The van der Waals surface area contributed by atoms with Gasteiger partial charge in [0.05, 0.1) is 30.9 Å². The van der Waals surface area contributed by atoms with Crippen LogP contribution in [0.2, 0.25) is 0 Å². The lowest BCUT2D eigenvalue weighted by Crippen LogP contribution is -2.27. The molecule has 0 aromatic heterocycles. The SMILES string of the molecule is CCC(C)c1ccc(OCCCOc2ccc(/C=C3/SC(=S)N(c4ccccc4)C3=O)cc2OC)cc1. The molecule has 3 aromatic carbocycles. The second-order valence-corrected chi connectivity index (χ2v) is 10.4. The van der Waals surface area contributed by atoms with Crippen molar-refractivity contribution in [2.75, 3.05) is 25.2 Å². The molecule has 1 atom stereocenters. The molecule has 192 valence electrons. The Morgan fingerprint density at radius 1 is 0.973 bits per heavy atom. The number of hydrogen-bond acceptors (Lipinski definition) is 6. The fraction of sp³-hybridized carbons (Fsp3) is 0.267. The zero-order valence-electron chi connectivity index (χ0n) is 21.3. The monoisotopic (exact) mass is 533 g/mol. The lowest BCUT2D eigenvalue weighted by atomic mass is 9.99. The molecule has 37 heavy (non-hydrogen) atoms. The van der Waals surface area contributed by atoms with Gasteiger partial charge in [-0.05, 0) is 65.9 Å². The van der Waals surface area contributed by atoms with E-state index in [1.54, 1.807) is 12.0 Å². The van der Waals surface area contributed by atoms with E-state index in [9.17, 15) is 4.79 Å². The van der Waals surface area contributed by atoms with Gasteiger partial charge in [0, 0.05) is 6.42 Å². The molecule has 7 heteroatoms. The Bertz CT molecular complexity index is 1260. The minimum Gasteiger partial charge on any atom is -0.493 e. The first-order chi connectivity index (χ1) is 18.0. The summed E-state index contributed by atoms with van der Waals surface area (Å²) in [5.41, 5.74) is 2.93. The summed E-state index contributed by atoms with van der Waals surface area (Å²) in [6, 6.07) is 23.4. The fourth-order valence-electron chi connectivity index (χ4n) is 3.87. The first kappa shape index (κ1) is 26.8. The highest BCUT2D eigenvalue weighted by molar-refractivity contribution is 8.27. The molecule has 1 aliphatic rings. The summed E-state index contributed by atoms with van der Waals surface area (Å²) < 4.78 is 17.9. The largest absolute Gasteiger partial charge is 0.493 e. The quantitative estimate of drug-likeness (QED) is 0.145. The molecule has 0 spiro atoms. The average molecular weight is 534 g/mol. The van der Waals surface area contributed by atoms with Gasteiger partial charge in [-0.25, -0.2) is 0 Å². The van der Waals surface area contributed by atoms with Gasteiger partial charge in [-0.2, -0.15) is 0 Å². The standard InChI is InChI=1S/C30H31NO4S2/c1-4-21(2)23-12-14-25(15-13-23)34-17-8-18-35-26-16-11-22(19-27(26)33-3)20-28-29(32)31(30(36)37-28)24-9-6-5-7-10-24/h5-7,9-16,19-21H,4,8,17-18H2,1-3H3/b28-20+. The van der Waals surface area contributed by atoms with E-state index in [0.717, 1.165) is 29.8 Å². The maximum Gasteiger partial charge on any atom is 0.270 e. The van der Waals surface area contributed by atoms with Gasteiger partial charge in [-0.15, -0.1) is 0 Å². The Kier molecular flexibility index (Phi) is 9.25. The van der Waals surface area contributed by atoms with Crippen molar-refractivity contribution in [3.63, 3.8) is 0 Å². The van der Waals surface area contributed by atoms with Gasteiger partial charge in [0.15, 0.2) is 15.8 Å². The van der Waals surface area contributed by atoms with E-state index in [4.69, 9.17) is 26.4 Å². The molecular formula is C30H31NO4S2. The first-order valence-corrected chi connectivity index (χ1v) is 13.6. The van der Waals surface area contributed by atoms with Crippen molar-refractivity contribution in [3.8, 4) is 17.2 Å². The van der Waals surface area contributed by atoms with Gasteiger partial charge in [-0.3, -0.25) is 9.69 Å². The van der Waals surface area contributed by atoms with Gasteiger partial charge >= 0.3 is 0 Å². The van der Waals surface area contributed by atoms with Crippen LogP contribution in [0.1, 0.15) is 43.7 Å². The van der Waals surface area contributed by atoms with Crippen LogP contribution in [-0.4, -0.2) is 30.6 Å². The Morgan fingerprint density at radius 3 is 2.41 bits per heavy atom. The van der Waals surface area contributed by atoms with Gasteiger partial charge in [0.1, 0.15) is 5.75 Å². The van der Waals surface area contributed by atoms with Crippen LogP contribution >= 0.6 is 24.0 Å². The normalized spacial score (nSPS) is 15.2. The number of methoxy groups -OCH3 is 1. The highest BCUT2D eigenvalue weighted by atomic mass is 32.2. The van der Waals surface area contributed by atoms with Crippen LogP contribution in [0.25, 0.3) is 6.08 Å². The minimum absolute atomic E-state index is 0.130. The maximum atomic E-state index is 13.0. The van der Waals surface area contributed by atoms with Crippen LogP contribution in [0.3, 0.4) is 0 Å². The Morgan fingerprint density at radius 2 is 1.70 bits per heavy atom. The van der Waals surface area contributed by atoms with Gasteiger partial charge in [0.2, 0.25) is 0 Å². The van der Waals surface area contributed by atoms with E-state index in [1.165, 1.54) is 17.3 Å². The van der Waals surface area contributed by atoms with Crippen molar-refractivity contribution in [3.05, 3.63) is 88.8 Å². The molecule has 0 N–H and O–H groups in total. The summed E-state index contributed by atoms with van der Waals surface area (Å²) in [4.78, 5) is 15.1. The van der Waals surface area contributed by atoms with E-state index in [0.29, 0.717) is 39.9 Å². The first-order valence-electron chi connectivity index (χ1n) is 12.4. The number of rotatable bonds is 11. The third-order valence-corrected chi connectivity index (χ3v) is 7.47. The molecule has 1 aliphatic heterocycles. The number of benzene rings is 3. The van der Waals surface area contributed by atoms with E-state index >= 15 is 0 Å². The number of ether oxygens (including phenoxy) is 3. The van der Waals surface area contributed by atoms with E-state index in [-0.39, 0.29) is 5.91 Å². The molecule has 0 bridgehead atoms. The molecule has 0 aliphatic carbocycles. The smallest absolute Gasteiger partial charge is 0.270 e. The number of carbonyl (C=O) groups is 1. The number of thioether (sulfide) groups is 1. The molecule has 1 heterocycles. The lowest BCUT2D eigenvalue weighted by molar-refractivity contribution is -0.113. The third-order valence-electron chi connectivity index (χ3n) is 6.17. The second-order valence-electron chi connectivity index (χ2n) is 8.69. The summed E-state index contributed by atoms with van der Waals surface area (Å²) in [5, 5.41) is 0. The number of amides is 1. The number of thiocarbonyl (C=S) groups is 1. The molecule has 0 radical (unpaired) electrons. The van der Waals surface area contributed by atoms with Crippen LogP contribution in [0.5, 0.6) is 17.2 Å². The molecule has 4 rings (SSSR count). The topological polar surface area (TPSA) is 48.0 Å². The van der Waals surface area contributed by atoms with Crippen molar-refractivity contribution < 1.29 is 19.0 Å². The predicted molar refractivity (Wildman–Crippen MR) is 156 cm³/mol. The van der Waals surface area contributed by atoms with Crippen LogP contribution < -0.4 is 19.1 Å². The van der Waals surface area contributed by atoms with Gasteiger partial charge < -0.3 is 14.2 Å². The van der Waals surface area contributed by atoms with E-state index in [2.05, 4.69) is 26.0 Å². The zero-order chi connectivity index (χ0) is 26.2. The van der Waals surface area contributed by atoms with Crippen LogP contribution in [0.4, 0.5) is 5.69 Å². The number of hydrogen-bond donors (Lipinski definition) is 0. The zero-order valence-corrected chi connectivity index (χ0v) is 22.9. The summed E-state index contributed by atoms with van der Waals surface area (Å²) in [7, 11) is 1.60. The van der Waals surface area contributed by atoms with Crippen molar-refractivity contribution in [1.29, 1.82) is 0 Å². The van der Waals surface area contributed by atoms with E-state index < -0.39 is 0 Å². The molecular weight excluding hydrogens is 502 g/mol. The predicted octanol–water partition coefficient (Wildman–Crippen LogP) is 7.46.